The highest BCUT2D eigenvalue weighted by molar-refractivity contribution is 5.72. The van der Waals surface area contributed by atoms with Gasteiger partial charge in [-0.3, -0.25) is 10.1 Å². The lowest BCUT2D eigenvalue weighted by Crippen LogP contribution is -2.45. The lowest BCUT2D eigenvalue weighted by atomic mass is 10.3. The van der Waals surface area contributed by atoms with Crippen LogP contribution in [0.4, 0.5) is 0 Å². The normalized spacial score (nSPS) is 28.3. The van der Waals surface area contributed by atoms with E-state index in [0.29, 0.717) is 0 Å². The maximum atomic E-state index is 10.7. The first-order valence-corrected chi connectivity index (χ1v) is 3.00. The van der Waals surface area contributed by atoms with Crippen molar-refractivity contribution >= 4 is 5.97 Å². The Morgan fingerprint density at radius 2 is 2.25 bits per heavy atom. The van der Waals surface area contributed by atoms with Crippen LogP contribution in [0.3, 0.4) is 0 Å². The zero-order valence-electron chi connectivity index (χ0n) is 12.2. The van der Waals surface area contributed by atoms with Crippen molar-refractivity contribution in [3.63, 3.8) is 0 Å². The van der Waals surface area contributed by atoms with Crippen molar-refractivity contribution in [2.75, 3.05) is 6.52 Å². The van der Waals surface area contributed by atoms with Crippen molar-refractivity contribution in [1.82, 2.24) is 5.32 Å². The Bertz CT molecular complexity index is 323. The molecule has 2 atom stereocenters. The van der Waals surface area contributed by atoms with E-state index in [9.17, 15) is 4.79 Å². The summed E-state index contributed by atoms with van der Waals surface area (Å²) in [5, 5.41) is 10.6. The molecule has 0 amide bonds. The van der Waals surface area contributed by atoms with Crippen molar-refractivity contribution in [3.8, 4) is 0 Å². The average Bonchev–Trinajstić information content (AvgIpc) is 2.15. The Labute approximate surface area is 79.5 Å². The molecule has 0 saturated heterocycles. The van der Waals surface area contributed by atoms with Crippen molar-refractivity contribution in [2.24, 2.45) is 17.2 Å². The molecule has 0 aromatic carbocycles. The summed E-state index contributed by atoms with van der Waals surface area (Å²) >= 11 is 0. The Hall–Kier alpha value is -0.690. The Morgan fingerprint density at radius 3 is 2.67 bits per heavy atom. The molecule has 0 bridgehead atoms. The summed E-state index contributed by atoms with van der Waals surface area (Å²) in [6, 6.07) is -3.27. The summed E-state index contributed by atoms with van der Waals surface area (Å²) in [7, 11) is 0. The number of carboxylic acids is 1. The van der Waals surface area contributed by atoms with E-state index >= 15 is 0 Å². The van der Waals surface area contributed by atoms with Crippen molar-refractivity contribution < 1.29 is 18.1 Å². The van der Waals surface area contributed by atoms with Gasteiger partial charge in [0.05, 0.1) is 1.37 Å². The molecule has 0 aliphatic carbocycles. The van der Waals surface area contributed by atoms with E-state index in [1.165, 1.54) is 0 Å². The summed E-state index contributed by atoms with van der Waals surface area (Å²) in [6.45, 7) is -2.00. The summed E-state index contributed by atoms with van der Waals surface area (Å²) in [5.41, 5.74) is 15.1. The minimum atomic E-state index is -3.36. The summed E-state index contributed by atoms with van der Waals surface area (Å²) < 4.78 is 44.2. The van der Waals surface area contributed by atoms with Gasteiger partial charge in [-0.25, -0.2) is 0 Å². The van der Waals surface area contributed by atoms with Gasteiger partial charge in [-0.2, -0.15) is 0 Å². The largest absolute Gasteiger partial charge is 0.480 e. The van der Waals surface area contributed by atoms with Gasteiger partial charge in [0.25, 0.3) is 0 Å². The molecule has 0 heterocycles. The van der Waals surface area contributed by atoms with Gasteiger partial charge in [0.2, 0.25) is 0 Å². The number of hydrogen-bond donors (Lipinski definition) is 5. The van der Waals surface area contributed by atoms with Gasteiger partial charge in [0.1, 0.15) is 12.3 Å². The van der Waals surface area contributed by atoms with Gasteiger partial charge in [-0.15, -0.1) is 0 Å². The number of aliphatic carboxylic acids is 1. The monoisotopic (exact) mass is 183 g/mol. The Morgan fingerprint density at radius 1 is 1.67 bits per heavy atom. The first-order valence-electron chi connectivity index (χ1n) is 6.08. The number of carbonyl (C=O) groups is 1. The van der Waals surface area contributed by atoms with Gasteiger partial charge in [0.15, 0.2) is 0 Å². The zero-order valence-corrected chi connectivity index (χ0v) is 6.24. The Kier molecular flexibility index (Phi) is 2.22. The molecular weight excluding hydrogens is 161 g/mol. The predicted octanol–water partition coefficient (Wildman–Crippen LogP) is -2.03. The molecule has 6 heteroatoms. The molecule has 0 spiro atoms. The zero-order chi connectivity index (χ0) is 14.9. The van der Waals surface area contributed by atoms with E-state index in [4.69, 9.17) is 30.5 Å². The second kappa shape index (κ2) is 5.90. The second-order valence-corrected chi connectivity index (χ2v) is 1.82. The quantitative estimate of drug-likeness (QED) is 0.239. The van der Waals surface area contributed by atoms with E-state index in [1.807, 2.05) is 5.32 Å². The van der Waals surface area contributed by atoms with Crippen LogP contribution in [0.5, 0.6) is 0 Å². The molecule has 8 N–H and O–H groups in total. The maximum Gasteiger partial charge on any atom is 0.320 e. The lowest BCUT2D eigenvalue weighted by molar-refractivity contribution is -0.138. The molecule has 6 nitrogen and oxygen atoms in total. The highest BCUT2D eigenvalue weighted by Crippen LogP contribution is 1.92. The molecule has 0 radical (unpaired) electrons. The number of nitrogens with one attached hydrogen (secondary N) is 1. The van der Waals surface area contributed by atoms with Gasteiger partial charge < -0.3 is 22.3 Å². The molecule has 0 aromatic heterocycles. The van der Waals surface area contributed by atoms with E-state index in [1.54, 1.807) is 0 Å². The van der Waals surface area contributed by atoms with Crippen LogP contribution in [0.25, 0.3) is 0 Å². The molecule has 72 valence electrons. The summed E-state index contributed by atoms with van der Waals surface area (Å²) in [4.78, 5) is 10.7. The van der Waals surface area contributed by atoms with Crippen LogP contribution in [-0.2, 0) is 4.79 Å². The lowest BCUT2D eigenvalue weighted by Gasteiger charge is -2.09. The van der Waals surface area contributed by atoms with Crippen LogP contribution in [0.15, 0.2) is 0 Å². The van der Waals surface area contributed by atoms with E-state index in [-0.39, 0.29) is 0 Å². The topological polar surface area (TPSA) is 127 Å². The van der Waals surface area contributed by atoms with Crippen LogP contribution in [0.2, 0.25) is 0 Å². The maximum absolute atomic E-state index is 10.7. The fraction of sp³-hybridized carbons (Fsp3) is 0.833. The number of nitrogens with two attached hydrogens (primary N) is 3. The molecule has 0 aromatic rings. The Balaban J connectivity index is 5.37. The van der Waals surface area contributed by atoms with E-state index in [2.05, 4.69) is 0 Å². The van der Waals surface area contributed by atoms with Gasteiger partial charge in [-0.1, -0.05) is 0 Å². The molecule has 0 saturated carbocycles. The van der Waals surface area contributed by atoms with Crippen molar-refractivity contribution in [1.29, 1.82) is 0 Å². The van der Waals surface area contributed by atoms with Crippen LogP contribution >= 0.6 is 0 Å². The fourth-order valence-electron chi connectivity index (χ4n) is 0.305. The minimum absolute atomic E-state index is 1.30. The first kappa shape index (κ1) is 4.52. The molecule has 0 aliphatic rings. The van der Waals surface area contributed by atoms with Crippen LogP contribution < -0.4 is 22.5 Å². The van der Waals surface area contributed by atoms with Gasteiger partial charge >= 0.3 is 5.97 Å². The minimum Gasteiger partial charge on any atom is -0.480 e. The van der Waals surface area contributed by atoms with Crippen molar-refractivity contribution in [3.05, 3.63) is 0 Å². The predicted molar refractivity (Wildman–Crippen MR) is 45.0 cm³/mol. The third-order valence-corrected chi connectivity index (χ3v) is 0.785. The van der Waals surface area contributed by atoms with Gasteiger partial charge in [0, 0.05) is 6.85 Å². The molecular formula is C6H16N4O2. The van der Waals surface area contributed by atoms with E-state index in [0.717, 1.165) is 0 Å². The molecule has 0 aliphatic heterocycles. The molecule has 0 rings (SSSR count). The van der Waals surface area contributed by atoms with Crippen LogP contribution in [0, 0.1) is 0 Å². The molecule has 0 fully saturated rings. The van der Waals surface area contributed by atoms with Crippen LogP contribution in [-0.4, -0.2) is 29.9 Å². The third kappa shape index (κ3) is 6.05. The number of rotatable bonds is 6. The van der Waals surface area contributed by atoms with Crippen molar-refractivity contribution in [2.45, 2.75) is 25.1 Å². The molecule has 12 heavy (non-hydrogen) atoms. The summed E-state index contributed by atoms with van der Waals surface area (Å²) in [6.07, 6.45) is -7.78. The van der Waals surface area contributed by atoms with Gasteiger partial charge in [-0.05, 0) is 19.3 Å². The second-order valence-electron chi connectivity index (χ2n) is 1.82. The third-order valence-electron chi connectivity index (χ3n) is 0.785. The number of carboxylic acid groups (broad SMARTS) is 1. The number of hydrogen-bond acceptors (Lipinski definition) is 5. The first-order chi connectivity index (χ1) is 7.78. The molecule has 2 unspecified atom stereocenters. The standard InChI is InChI=1S/C6H16N4O2/c7-4(5(11)12)2-1-3-10-6(8)9/h4,6,10H,1-3,7-9H2,(H,11,12)/i1+1D2,2D2,3D,4D. The highest BCUT2D eigenvalue weighted by Gasteiger charge is 2.09. The summed E-state index contributed by atoms with van der Waals surface area (Å²) in [5.74, 6) is -2.05. The van der Waals surface area contributed by atoms with E-state index < -0.39 is 37.5 Å². The average molecular weight is 183 g/mol. The highest BCUT2D eigenvalue weighted by atomic mass is 16.4. The fourth-order valence-corrected chi connectivity index (χ4v) is 0.305. The van der Waals surface area contributed by atoms with Crippen LogP contribution in [0.1, 0.15) is 21.0 Å². The SMILES string of the molecule is [2H]C(NC(N)N)[13C]([2H])([2H])C([2H])([2H])C([2H])(N)C(=O)O. The smallest absolute Gasteiger partial charge is 0.320 e.